The predicted molar refractivity (Wildman–Crippen MR) is 89.4 cm³/mol. The molecule has 1 N–H and O–H groups in total. The first kappa shape index (κ1) is 14.7. The molecule has 0 atom stereocenters. The lowest BCUT2D eigenvalue weighted by Gasteiger charge is -2.21. The fourth-order valence-electron chi connectivity index (χ4n) is 2.44. The average molecular weight is 305 g/mol. The molecule has 5 nitrogen and oxygen atoms in total. The number of fused-ring (bicyclic) bond motifs is 1. The molecule has 23 heavy (non-hydrogen) atoms. The molecule has 3 rings (SSSR count). The maximum Gasteiger partial charge on any atom is 0.270 e. The molecule has 2 aromatic carbocycles. The van der Waals surface area contributed by atoms with Crippen LogP contribution in [-0.4, -0.2) is 24.2 Å². The monoisotopic (exact) mass is 305 g/mol. The van der Waals surface area contributed by atoms with Crippen molar-refractivity contribution in [2.45, 2.75) is 0 Å². The molecule has 1 aromatic heterocycles. The molecule has 3 aromatic rings. The zero-order valence-electron chi connectivity index (χ0n) is 12.6. The highest BCUT2D eigenvalue weighted by atomic mass is 16.2. The van der Waals surface area contributed by atoms with Crippen molar-refractivity contribution in [2.24, 2.45) is 0 Å². The molecule has 0 unspecified atom stereocenters. The molecule has 0 aliphatic rings. The van der Waals surface area contributed by atoms with Gasteiger partial charge in [-0.1, -0.05) is 36.4 Å². The van der Waals surface area contributed by atoms with Gasteiger partial charge in [-0.2, -0.15) is 0 Å². The molecule has 114 valence electrons. The molecule has 0 bridgehead atoms. The Bertz CT molecular complexity index is 872. The number of hydrazine groups is 1. The van der Waals surface area contributed by atoms with Gasteiger partial charge in [0.1, 0.15) is 0 Å². The molecule has 0 aliphatic carbocycles. The Morgan fingerprint density at radius 1 is 1.09 bits per heavy atom. The quantitative estimate of drug-likeness (QED) is 0.595. The Balaban J connectivity index is 1.90. The van der Waals surface area contributed by atoms with Gasteiger partial charge >= 0.3 is 0 Å². The van der Waals surface area contributed by atoms with Gasteiger partial charge in [-0.05, 0) is 18.2 Å². The molecule has 0 fully saturated rings. The van der Waals surface area contributed by atoms with E-state index in [0.29, 0.717) is 17.4 Å². The van der Waals surface area contributed by atoms with Crippen molar-refractivity contribution in [3.63, 3.8) is 0 Å². The highest BCUT2D eigenvalue weighted by molar-refractivity contribution is 6.02. The van der Waals surface area contributed by atoms with E-state index < -0.39 is 0 Å². The van der Waals surface area contributed by atoms with Crippen LogP contribution in [0.4, 0.5) is 5.69 Å². The largest absolute Gasteiger partial charge is 0.298 e. The van der Waals surface area contributed by atoms with Gasteiger partial charge in [-0.25, -0.2) is 0 Å². The summed E-state index contributed by atoms with van der Waals surface area (Å²) in [5.41, 5.74) is 5.04. The molecule has 0 saturated heterocycles. The lowest BCUT2D eigenvalue weighted by atomic mass is 10.1. The van der Waals surface area contributed by atoms with Crippen molar-refractivity contribution < 1.29 is 9.59 Å². The van der Waals surface area contributed by atoms with Crippen LogP contribution in [0.15, 0.2) is 60.8 Å². The topological polar surface area (TPSA) is 62.3 Å². The molecule has 0 radical (unpaired) electrons. The van der Waals surface area contributed by atoms with Crippen LogP contribution in [0.25, 0.3) is 10.9 Å². The van der Waals surface area contributed by atoms with Crippen molar-refractivity contribution in [1.82, 2.24) is 10.4 Å². The third-order valence-electron chi connectivity index (χ3n) is 3.57. The van der Waals surface area contributed by atoms with Crippen LogP contribution in [0.1, 0.15) is 20.7 Å². The van der Waals surface area contributed by atoms with E-state index in [1.165, 1.54) is 0 Å². The van der Waals surface area contributed by atoms with Crippen LogP contribution in [0, 0.1) is 0 Å². The number of carbonyl (C=O) groups is 2. The second kappa shape index (κ2) is 6.27. The number of rotatable bonds is 4. The van der Waals surface area contributed by atoms with Crippen LogP contribution < -0.4 is 10.4 Å². The summed E-state index contributed by atoms with van der Waals surface area (Å²) in [5, 5.41) is 2.60. The molecular weight excluding hydrogens is 290 g/mol. The number of pyridine rings is 1. The Labute approximate surface area is 133 Å². The number of nitrogens with zero attached hydrogens (tertiary/aromatic N) is 2. The van der Waals surface area contributed by atoms with Crippen LogP contribution in [0.3, 0.4) is 0 Å². The minimum atomic E-state index is -0.344. The lowest BCUT2D eigenvalue weighted by Crippen LogP contribution is -2.39. The first-order chi connectivity index (χ1) is 11.2. The van der Waals surface area contributed by atoms with Gasteiger partial charge in [0.05, 0.1) is 16.8 Å². The fraction of sp³-hybridized carbons (Fsp3) is 0.0556. The van der Waals surface area contributed by atoms with Gasteiger partial charge in [0.25, 0.3) is 5.91 Å². The van der Waals surface area contributed by atoms with Crippen molar-refractivity contribution in [2.75, 3.05) is 12.1 Å². The average Bonchev–Trinajstić information content (AvgIpc) is 2.61. The van der Waals surface area contributed by atoms with E-state index in [0.717, 1.165) is 16.6 Å². The van der Waals surface area contributed by atoms with E-state index in [1.807, 2.05) is 30.3 Å². The number of nitrogens with one attached hydrogen (secondary N) is 1. The molecule has 1 amide bonds. The van der Waals surface area contributed by atoms with Gasteiger partial charge in [0, 0.05) is 24.2 Å². The molecule has 0 aliphatic heterocycles. The summed E-state index contributed by atoms with van der Waals surface area (Å²) in [6.07, 6.45) is 2.39. The molecule has 5 heteroatoms. The Morgan fingerprint density at radius 3 is 2.70 bits per heavy atom. The molecular formula is C18H15N3O2. The summed E-state index contributed by atoms with van der Waals surface area (Å²) in [6.45, 7) is 0. The molecule has 0 spiro atoms. The van der Waals surface area contributed by atoms with E-state index in [4.69, 9.17) is 0 Å². The Kier molecular flexibility index (Phi) is 4.01. The van der Waals surface area contributed by atoms with Gasteiger partial charge in [0.15, 0.2) is 6.29 Å². The van der Waals surface area contributed by atoms with Crippen molar-refractivity contribution >= 4 is 28.8 Å². The van der Waals surface area contributed by atoms with Gasteiger partial charge in [0.2, 0.25) is 0 Å². The zero-order valence-corrected chi connectivity index (χ0v) is 12.6. The SMILES string of the molecule is CN(NC(=O)c1ccccc1C=O)c1cccc2cccnc12. The van der Waals surface area contributed by atoms with Crippen molar-refractivity contribution in [3.8, 4) is 0 Å². The van der Waals surface area contributed by atoms with Crippen molar-refractivity contribution in [3.05, 3.63) is 71.9 Å². The number of para-hydroxylation sites is 1. The third kappa shape index (κ3) is 2.89. The number of aldehydes is 1. The number of hydrogen-bond donors (Lipinski definition) is 1. The maximum absolute atomic E-state index is 12.4. The first-order valence-electron chi connectivity index (χ1n) is 7.13. The number of aromatic nitrogens is 1. The minimum Gasteiger partial charge on any atom is -0.298 e. The number of amides is 1. The number of anilines is 1. The second-order valence-electron chi connectivity index (χ2n) is 5.06. The Hall–Kier alpha value is -3.21. The highest BCUT2D eigenvalue weighted by Gasteiger charge is 2.14. The van der Waals surface area contributed by atoms with Crippen LogP contribution in [0.2, 0.25) is 0 Å². The summed E-state index contributed by atoms with van der Waals surface area (Å²) >= 11 is 0. The van der Waals surface area contributed by atoms with Crippen LogP contribution >= 0.6 is 0 Å². The summed E-state index contributed by atoms with van der Waals surface area (Å²) in [4.78, 5) is 27.8. The van der Waals surface area contributed by atoms with Crippen LogP contribution in [0.5, 0.6) is 0 Å². The summed E-state index contributed by atoms with van der Waals surface area (Å²) in [7, 11) is 1.74. The second-order valence-corrected chi connectivity index (χ2v) is 5.06. The maximum atomic E-state index is 12.4. The van der Waals surface area contributed by atoms with Gasteiger partial charge < -0.3 is 0 Å². The normalized spacial score (nSPS) is 10.3. The molecule has 1 heterocycles. The Morgan fingerprint density at radius 2 is 1.87 bits per heavy atom. The summed E-state index contributed by atoms with van der Waals surface area (Å²) in [5.74, 6) is -0.344. The third-order valence-corrected chi connectivity index (χ3v) is 3.57. The van der Waals surface area contributed by atoms with Gasteiger partial charge in [-0.3, -0.25) is 25.0 Å². The van der Waals surface area contributed by atoms with Crippen LogP contribution in [-0.2, 0) is 0 Å². The van der Waals surface area contributed by atoms with E-state index >= 15 is 0 Å². The summed E-state index contributed by atoms with van der Waals surface area (Å²) in [6, 6.07) is 16.2. The van der Waals surface area contributed by atoms with E-state index in [2.05, 4.69) is 10.4 Å². The lowest BCUT2D eigenvalue weighted by molar-refractivity contribution is 0.0946. The standard InChI is InChI=1S/C18H15N3O2/c1-21(16-10-4-7-13-8-5-11-19-17(13)16)20-18(23)15-9-3-2-6-14(15)12-22/h2-12H,1H3,(H,20,23). The van der Waals surface area contributed by atoms with Gasteiger partial charge in [-0.15, -0.1) is 0 Å². The first-order valence-corrected chi connectivity index (χ1v) is 7.13. The van der Waals surface area contributed by atoms with E-state index in [1.54, 1.807) is 42.5 Å². The highest BCUT2D eigenvalue weighted by Crippen LogP contribution is 2.22. The predicted octanol–water partition coefficient (Wildman–Crippen LogP) is 2.83. The minimum absolute atomic E-state index is 0.336. The smallest absolute Gasteiger partial charge is 0.270 e. The summed E-state index contributed by atoms with van der Waals surface area (Å²) < 4.78 is 0. The number of hydrogen-bond acceptors (Lipinski definition) is 4. The number of benzene rings is 2. The number of carbonyl (C=O) groups excluding carboxylic acids is 2. The van der Waals surface area contributed by atoms with E-state index in [-0.39, 0.29) is 5.91 Å². The fourth-order valence-corrected chi connectivity index (χ4v) is 2.44. The molecule has 0 saturated carbocycles. The van der Waals surface area contributed by atoms with E-state index in [9.17, 15) is 9.59 Å². The van der Waals surface area contributed by atoms with Crippen molar-refractivity contribution in [1.29, 1.82) is 0 Å². The zero-order chi connectivity index (χ0) is 16.2.